The molecule has 2 aromatic rings. The van der Waals surface area contributed by atoms with Gasteiger partial charge in [-0.05, 0) is 105 Å². The van der Waals surface area contributed by atoms with Gasteiger partial charge < -0.3 is 16.0 Å². The molecule has 1 saturated carbocycles. The van der Waals surface area contributed by atoms with E-state index in [9.17, 15) is 9.59 Å². The van der Waals surface area contributed by atoms with Crippen molar-refractivity contribution in [3.63, 3.8) is 0 Å². The molecule has 0 aliphatic heterocycles. The van der Waals surface area contributed by atoms with Crippen LogP contribution >= 0.6 is 0 Å². The van der Waals surface area contributed by atoms with E-state index in [1.54, 1.807) is 12.1 Å². The maximum atomic E-state index is 14.6. The molecule has 4 N–H and O–H groups in total. The first kappa shape index (κ1) is 35.9. The Morgan fingerprint density at radius 3 is 2.29 bits per heavy atom. The Balaban J connectivity index is 2.03. The quantitative estimate of drug-likeness (QED) is 0.151. The number of rotatable bonds is 14. The number of carbonyl (C=O) groups excluding carboxylic acids is 2. The summed E-state index contributed by atoms with van der Waals surface area (Å²) < 4.78 is 0. The normalized spacial score (nSPS) is 19.4. The van der Waals surface area contributed by atoms with E-state index in [0.717, 1.165) is 61.8 Å². The maximum Gasteiger partial charge on any atom is 0.251 e. The Kier molecular flexibility index (Phi) is 12.1. The zero-order valence-electron chi connectivity index (χ0n) is 28.7. The van der Waals surface area contributed by atoms with Gasteiger partial charge in [0.1, 0.15) is 11.5 Å². The standard InChI is InChI=1S/C37H56N6O2/c1-9-36(6,7)30-18-22-37(40-8,23-19-30)43(33(44)17-12-27-11-10-26(2)41-24-27)31(20-21-35(3,4)5)28-13-15-29(16-14-28)34(45)42-25-32(38)39/h10-11,13-16,24,30-31H,8-9,12,17-23,25H2,1-7H3,(H3,38,39)(H,42,45). The molecule has 45 heavy (non-hydrogen) atoms. The number of nitrogens with zero attached hydrogens (tertiary/aromatic N) is 3. The lowest BCUT2D eigenvalue weighted by Gasteiger charge is -2.51. The van der Waals surface area contributed by atoms with Gasteiger partial charge in [0.05, 0.1) is 12.6 Å². The zero-order chi connectivity index (χ0) is 33.4. The number of amides is 2. The number of hydrogen-bond acceptors (Lipinski definition) is 5. The van der Waals surface area contributed by atoms with Gasteiger partial charge in [-0.2, -0.15) is 0 Å². The molecule has 8 heteroatoms. The number of aryl methyl sites for hydroxylation is 2. The summed E-state index contributed by atoms with van der Waals surface area (Å²) in [6.45, 7) is 19.7. The molecular formula is C37H56N6O2. The van der Waals surface area contributed by atoms with Gasteiger partial charge in [0, 0.05) is 23.9 Å². The number of aromatic nitrogens is 1. The second-order valence-corrected chi connectivity index (χ2v) is 14.8. The average molecular weight is 617 g/mol. The van der Waals surface area contributed by atoms with Crippen molar-refractivity contribution < 1.29 is 9.59 Å². The lowest BCUT2D eigenvalue weighted by molar-refractivity contribution is -0.145. The number of amidine groups is 1. The number of nitrogens with one attached hydrogen (secondary N) is 2. The fourth-order valence-corrected chi connectivity index (χ4v) is 6.49. The van der Waals surface area contributed by atoms with Gasteiger partial charge in [0.25, 0.3) is 5.91 Å². The summed E-state index contributed by atoms with van der Waals surface area (Å²) in [7, 11) is 0. The molecule has 3 rings (SSSR count). The van der Waals surface area contributed by atoms with Crippen LogP contribution in [-0.2, 0) is 11.2 Å². The molecule has 0 bridgehead atoms. The minimum Gasteiger partial charge on any atom is -0.386 e. The van der Waals surface area contributed by atoms with Crippen molar-refractivity contribution in [2.75, 3.05) is 6.54 Å². The van der Waals surface area contributed by atoms with Gasteiger partial charge in [-0.25, -0.2) is 0 Å². The zero-order valence-corrected chi connectivity index (χ0v) is 28.7. The third-order valence-corrected chi connectivity index (χ3v) is 9.89. The predicted molar refractivity (Wildman–Crippen MR) is 185 cm³/mol. The van der Waals surface area contributed by atoms with Crippen LogP contribution in [0.2, 0.25) is 0 Å². The highest BCUT2D eigenvalue weighted by molar-refractivity contribution is 5.96. The number of pyridine rings is 1. The molecule has 1 aliphatic carbocycles. The first-order valence-corrected chi connectivity index (χ1v) is 16.5. The van der Waals surface area contributed by atoms with Crippen LogP contribution in [0.5, 0.6) is 0 Å². The summed E-state index contributed by atoms with van der Waals surface area (Å²) in [6, 6.07) is 11.3. The Hall–Kier alpha value is -3.55. The molecule has 0 radical (unpaired) electrons. The molecule has 0 spiro atoms. The van der Waals surface area contributed by atoms with E-state index in [0.29, 0.717) is 24.3 Å². The molecular weight excluding hydrogens is 560 g/mol. The second-order valence-electron chi connectivity index (χ2n) is 14.8. The summed E-state index contributed by atoms with van der Waals surface area (Å²) >= 11 is 0. The molecule has 246 valence electrons. The highest BCUT2D eigenvalue weighted by Crippen LogP contribution is 2.49. The van der Waals surface area contributed by atoms with E-state index in [2.05, 4.69) is 63.5 Å². The van der Waals surface area contributed by atoms with Crippen LogP contribution in [0.1, 0.15) is 126 Å². The minimum atomic E-state index is -0.705. The fraction of sp³-hybridized carbons (Fsp3) is 0.595. The molecule has 1 unspecified atom stereocenters. The third-order valence-electron chi connectivity index (χ3n) is 9.89. The first-order valence-electron chi connectivity index (χ1n) is 16.5. The van der Waals surface area contributed by atoms with Crippen LogP contribution in [0.25, 0.3) is 0 Å². The van der Waals surface area contributed by atoms with Crippen LogP contribution in [0.4, 0.5) is 0 Å². The Labute approximate surface area is 271 Å². The number of hydrogen-bond donors (Lipinski definition) is 3. The fourth-order valence-electron chi connectivity index (χ4n) is 6.49. The summed E-state index contributed by atoms with van der Waals surface area (Å²) in [5, 5.41) is 10.1. The molecule has 8 nitrogen and oxygen atoms in total. The van der Waals surface area contributed by atoms with Gasteiger partial charge in [0.2, 0.25) is 5.91 Å². The SMILES string of the molecule is C=NC1(N(C(=O)CCc2ccc(C)nc2)C(CCC(C)(C)C)c2ccc(C(=O)NCC(=N)N)cc2)CCC(C(C)(C)CC)CC1. The van der Waals surface area contributed by atoms with Gasteiger partial charge >= 0.3 is 0 Å². The van der Waals surface area contributed by atoms with Crippen LogP contribution in [0, 0.1) is 29.1 Å². The molecule has 1 fully saturated rings. The Bertz CT molecular complexity index is 1300. The Morgan fingerprint density at radius 2 is 1.78 bits per heavy atom. The molecule has 1 aromatic heterocycles. The topological polar surface area (TPSA) is 125 Å². The highest BCUT2D eigenvalue weighted by atomic mass is 16.2. The van der Waals surface area contributed by atoms with E-state index in [4.69, 9.17) is 16.1 Å². The van der Waals surface area contributed by atoms with Gasteiger partial charge in [-0.3, -0.25) is 25.0 Å². The summed E-state index contributed by atoms with van der Waals surface area (Å²) in [4.78, 5) is 38.6. The van der Waals surface area contributed by atoms with E-state index >= 15 is 0 Å². The second kappa shape index (κ2) is 15.2. The molecule has 1 atom stereocenters. The van der Waals surface area contributed by atoms with Crippen LogP contribution in [-0.4, -0.2) is 46.5 Å². The van der Waals surface area contributed by atoms with Gasteiger partial charge in [-0.15, -0.1) is 0 Å². The van der Waals surface area contributed by atoms with E-state index < -0.39 is 5.66 Å². The van der Waals surface area contributed by atoms with E-state index in [-0.39, 0.29) is 41.1 Å². The summed E-state index contributed by atoms with van der Waals surface area (Å²) in [6.07, 6.45) is 9.13. The van der Waals surface area contributed by atoms with Crippen molar-refractivity contribution in [1.82, 2.24) is 15.2 Å². The number of nitrogens with two attached hydrogens (primary N) is 1. The molecule has 1 heterocycles. The molecule has 2 amide bonds. The van der Waals surface area contributed by atoms with Crippen molar-refractivity contribution in [2.24, 2.45) is 27.5 Å². The molecule has 0 saturated heterocycles. The minimum absolute atomic E-state index is 0.00305. The van der Waals surface area contributed by atoms with Crippen molar-refractivity contribution in [3.8, 4) is 0 Å². The van der Waals surface area contributed by atoms with Gasteiger partial charge in [0.15, 0.2) is 0 Å². The average Bonchev–Trinajstić information content (AvgIpc) is 3.01. The maximum absolute atomic E-state index is 14.6. The molecule has 1 aliphatic rings. The van der Waals surface area contributed by atoms with Crippen LogP contribution in [0.15, 0.2) is 47.6 Å². The van der Waals surface area contributed by atoms with Crippen LogP contribution in [0.3, 0.4) is 0 Å². The number of aliphatic imine (C=N–C) groups is 1. The lowest BCUT2D eigenvalue weighted by Crippen LogP contribution is -2.54. The third kappa shape index (κ3) is 9.72. The first-order chi connectivity index (χ1) is 21.1. The number of carbonyl (C=O) groups is 2. The summed E-state index contributed by atoms with van der Waals surface area (Å²) in [5.41, 5.74) is 8.47. The van der Waals surface area contributed by atoms with Crippen molar-refractivity contribution >= 4 is 24.4 Å². The van der Waals surface area contributed by atoms with E-state index in [1.165, 1.54) is 0 Å². The highest BCUT2D eigenvalue weighted by Gasteiger charge is 2.47. The van der Waals surface area contributed by atoms with Crippen LogP contribution < -0.4 is 11.1 Å². The van der Waals surface area contributed by atoms with Crippen molar-refractivity contribution in [1.29, 1.82) is 5.41 Å². The lowest BCUT2D eigenvalue weighted by atomic mass is 9.67. The Morgan fingerprint density at radius 1 is 1.13 bits per heavy atom. The molecule has 1 aromatic carbocycles. The predicted octanol–water partition coefficient (Wildman–Crippen LogP) is 7.41. The smallest absolute Gasteiger partial charge is 0.251 e. The largest absolute Gasteiger partial charge is 0.386 e. The van der Waals surface area contributed by atoms with E-state index in [1.807, 2.05) is 37.4 Å². The van der Waals surface area contributed by atoms with Crippen molar-refractivity contribution in [3.05, 3.63) is 65.0 Å². The monoisotopic (exact) mass is 616 g/mol. The number of benzene rings is 1. The van der Waals surface area contributed by atoms with Crippen molar-refractivity contribution in [2.45, 2.75) is 118 Å². The summed E-state index contributed by atoms with van der Waals surface area (Å²) in [5.74, 6) is 0.243. The van der Waals surface area contributed by atoms with Gasteiger partial charge in [-0.1, -0.05) is 66.2 Å².